The monoisotopic (exact) mass is 1030 g/mol. The molecule has 0 radical (unpaired) electrons. The minimum Gasteiger partial charge on any atom is -0.352 e. The van der Waals surface area contributed by atoms with Gasteiger partial charge in [-0.1, -0.05) is 43.0 Å². The zero-order chi connectivity index (χ0) is 52.7. The van der Waals surface area contributed by atoms with Gasteiger partial charge < -0.3 is 35.2 Å². The van der Waals surface area contributed by atoms with Gasteiger partial charge in [-0.3, -0.25) is 33.8 Å². The number of rotatable bonds is 20. The van der Waals surface area contributed by atoms with Crippen LogP contribution in [0.15, 0.2) is 96.0 Å². The Morgan fingerprint density at radius 1 is 0.840 bits per heavy atom. The van der Waals surface area contributed by atoms with Gasteiger partial charge in [-0.05, 0) is 100.0 Å². The number of halogens is 1. The summed E-state index contributed by atoms with van der Waals surface area (Å²) < 4.78 is 15.2. The molecule has 8 rings (SSSR count). The Hall–Kier alpha value is -6.47. The Kier molecular flexibility index (Phi) is 19.6. The summed E-state index contributed by atoms with van der Waals surface area (Å²) in [7, 11) is 1.65. The predicted octanol–water partition coefficient (Wildman–Crippen LogP) is 4.15. The van der Waals surface area contributed by atoms with Gasteiger partial charge in [0.05, 0.1) is 30.1 Å². The molecule has 0 saturated carbocycles. The highest BCUT2D eigenvalue weighted by atomic mass is 19.1. The molecule has 75 heavy (non-hydrogen) atoms. The van der Waals surface area contributed by atoms with Crippen molar-refractivity contribution in [2.24, 2.45) is 11.0 Å². The molecule has 6 heterocycles. The Morgan fingerprint density at radius 2 is 1.59 bits per heavy atom. The molecule has 1 atom stereocenters. The fraction of sp³-hybridized carbons (Fsp3) is 0.509. The van der Waals surface area contributed by atoms with E-state index in [1.807, 2.05) is 34.2 Å². The van der Waals surface area contributed by atoms with E-state index in [0.717, 1.165) is 114 Å². The third kappa shape index (κ3) is 14.7. The van der Waals surface area contributed by atoms with Crippen molar-refractivity contribution in [3.8, 4) is 0 Å². The van der Waals surface area contributed by atoms with Crippen molar-refractivity contribution in [1.82, 2.24) is 55.0 Å². The van der Waals surface area contributed by atoms with Crippen LogP contribution >= 0.6 is 0 Å². The first-order valence-electron chi connectivity index (χ1n) is 26.9. The van der Waals surface area contributed by atoms with Crippen molar-refractivity contribution in [2.45, 2.75) is 64.5 Å². The zero-order valence-corrected chi connectivity index (χ0v) is 43.9. The van der Waals surface area contributed by atoms with E-state index in [1.165, 1.54) is 6.07 Å². The highest BCUT2D eigenvalue weighted by Crippen LogP contribution is 2.29. The summed E-state index contributed by atoms with van der Waals surface area (Å²) in [6, 6.07) is 12.4. The lowest BCUT2D eigenvalue weighted by Crippen LogP contribution is -2.55. The van der Waals surface area contributed by atoms with Gasteiger partial charge in [0, 0.05) is 139 Å². The Balaban J connectivity index is 0.688. The summed E-state index contributed by atoms with van der Waals surface area (Å²) in [5.74, 6) is -0.0622. The number of aromatic nitrogens is 2. The minimum atomic E-state index is -0.617. The second-order valence-corrected chi connectivity index (χ2v) is 20.5. The van der Waals surface area contributed by atoms with E-state index in [2.05, 4.69) is 58.1 Å². The van der Waals surface area contributed by atoms with Gasteiger partial charge in [0.2, 0.25) is 11.8 Å². The van der Waals surface area contributed by atoms with Gasteiger partial charge in [0.25, 0.3) is 11.8 Å². The molecule has 4 fully saturated rings. The summed E-state index contributed by atoms with van der Waals surface area (Å²) in [6.45, 7) is 18.7. The molecular formula is C57H75FN12O5. The highest BCUT2D eigenvalue weighted by molar-refractivity contribution is 6.10. The molecule has 400 valence electrons. The van der Waals surface area contributed by atoms with Crippen molar-refractivity contribution < 1.29 is 28.4 Å². The lowest BCUT2D eigenvalue weighted by Gasteiger charge is -2.40. The molecule has 3 aromatic rings. The average Bonchev–Trinajstić information content (AvgIpc) is 3.86. The van der Waals surface area contributed by atoms with Crippen LogP contribution in [-0.2, 0) is 33.9 Å². The number of piperazine rings is 2. The number of carbonyl (C=O) groups excluding carboxylic acids is 5. The largest absolute Gasteiger partial charge is 0.352 e. The summed E-state index contributed by atoms with van der Waals surface area (Å²) in [6.07, 6.45) is 14.5. The number of likely N-dealkylation sites (tertiary alicyclic amines) is 2. The van der Waals surface area contributed by atoms with E-state index < -0.39 is 11.7 Å². The van der Waals surface area contributed by atoms with Gasteiger partial charge in [-0.2, -0.15) is 5.10 Å². The molecule has 1 aromatic heterocycles. The molecule has 18 heteroatoms. The first kappa shape index (κ1) is 54.8. The molecule has 2 N–H and O–H groups in total. The Morgan fingerprint density at radius 3 is 2.32 bits per heavy atom. The van der Waals surface area contributed by atoms with Gasteiger partial charge in [-0.15, -0.1) is 0 Å². The Bertz CT molecular complexity index is 2570. The number of benzene rings is 2. The van der Waals surface area contributed by atoms with E-state index >= 15 is 4.39 Å². The van der Waals surface area contributed by atoms with Gasteiger partial charge in [-0.25, -0.2) is 14.4 Å². The fourth-order valence-electron chi connectivity index (χ4n) is 11.2. The number of carbonyl (C=O) groups is 5. The van der Waals surface area contributed by atoms with Gasteiger partial charge in [0.1, 0.15) is 18.4 Å². The number of hydrogen-bond acceptors (Lipinski definition) is 13. The number of amides is 4. The molecule has 0 spiro atoms. The quantitative estimate of drug-likeness (QED) is 0.0415. The van der Waals surface area contributed by atoms with Crippen molar-refractivity contribution >= 4 is 35.6 Å². The molecule has 1 unspecified atom stereocenters. The van der Waals surface area contributed by atoms with Crippen molar-refractivity contribution in [2.75, 3.05) is 118 Å². The average molecular weight is 1030 g/mol. The number of nitrogens with one attached hydrogen (secondary N) is 2. The Labute approximate surface area is 441 Å². The lowest BCUT2D eigenvalue weighted by molar-refractivity contribution is -0.134. The van der Waals surface area contributed by atoms with Gasteiger partial charge >= 0.3 is 0 Å². The van der Waals surface area contributed by atoms with Crippen LogP contribution in [-0.4, -0.2) is 198 Å². The summed E-state index contributed by atoms with van der Waals surface area (Å²) in [5.41, 5.74) is 8.82. The molecule has 0 bridgehead atoms. The molecule has 5 aliphatic rings. The van der Waals surface area contributed by atoms with Crippen LogP contribution in [0, 0.1) is 11.7 Å². The van der Waals surface area contributed by atoms with Crippen molar-refractivity contribution in [3.63, 3.8) is 0 Å². The van der Waals surface area contributed by atoms with E-state index in [1.54, 1.807) is 55.6 Å². The van der Waals surface area contributed by atoms with Crippen LogP contribution in [0.5, 0.6) is 0 Å². The van der Waals surface area contributed by atoms with Crippen LogP contribution in [0.25, 0.3) is 0 Å². The van der Waals surface area contributed by atoms with Crippen molar-refractivity contribution in [3.05, 3.63) is 130 Å². The SMILES string of the molecule is C=C/C=C(C(/Cc1ccc(F)c(C(=O)N2CCN(C(=O)CN3CCN(CC4CCN(CCCNC(=O)c5cccc(C6CCCN(C(=O)CN7Cc8cncnc8C7)C6)c5)CC4)CC3)CC2)c1)=N\NC)\C(C=O)=C/C. The third-order valence-electron chi connectivity index (χ3n) is 15.5. The first-order valence-corrected chi connectivity index (χ1v) is 26.9. The maximum Gasteiger partial charge on any atom is 0.256 e. The maximum atomic E-state index is 15.2. The molecule has 5 aliphatic heterocycles. The van der Waals surface area contributed by atoms with Crippen LogP contribution in [0.1, 0.15) is 88.0 Å². The number of hydrogen-bond donors (Lipinski definition) is 2. The topological polar surface area (TPSA) is 170 Å². The number of aldehydes is 1. The summed E-state index contributed by atoms with van der Waals surface area (Å²) in [5, 5.41) is 7.53. The van der Waals surface area contributed by atoms with Crippen LogP contribution in [0.3, 0.4) is 0 Å². The molecule has 4 amide bonds. The van der Waals surface area contributed by atoms with Crippen molar-refractivity contribution in [1.29, 1.82) is 0 Å². The second kappa shape index (κ2) is 26.8. The van der Waals surface area contributed by atoms with Crippen LogP contribution in [0.4, 0.5) is 4.39 Å². The third-order valence-corrected chi connectivity index (χ3v) is 15.5. The molecule has 17 nitrogen and oxygen atoms in total. The number of piperidine rings is 2. The van der Waals surface area contributed by atoms with E-state index in [4.69, 9.17) is 0 Å². The standard InChI is InChI=1S/C57H75FN12O5/c1-4-9-49(44(5-2)40-71)52(63-59-3)31-43-13-14-51(58)50(30-43)57(75)69-28-26-68(27-29-69)54(72)38-66-24-22-65(23-25-66)34-42-15-20-64(21-16-42)18-8-17-61-56(74)46-11-6-10-45(32-46)47-12-7-19-70(36-47)55(73)39-67-35-48-33-60-41-62-53(48)37-67/h4-6,9-11,13-14,30,32-33,40-42,47,59H,1,7-8,12,15-29,31,34-39H2,2-3H3,(H,61,74)/b44-5-,49-9+,63-52-. The van der Waals surface area contributed by atoms with Crippen LogP contribution in [0.2, 0.25) is 0 Å². The first-order chi connectivity index (χ1) is 36.5. The molecule has 2 aromatic carbocycles. The normalized spacial score (nSPS) is 20.0. The van der Waals surface area contributed by atoms with E-state index in [-0.39, 0.29) is 35.6 Å². The summed E-state index contributed by atoms with van der Waals surface area (Å²) >= 11 is 0. The lowest BCUT2D eigenvalue weighted by atomic mass is 9.89. The number of hydrazone groups is 1. The second-order valence-electron chi connectivity index (χ2n) is 20.5. The zero-order valence-electron chi connectivity index (χ0n) is 43.9. The van der Waals surface area contributed by atoms with E-state index in [9.17, 15) is 24.0 Å². The molecule has 0 aliphatic carbocycles. The predicted molar refractivity (Wildman–Crippen MR) is 287 cm³/mol. The maximum absolute atomic E-state index is 15.2. The smallest absolute Gasteiger partial charge is 0.256 e. The summed E-state index contributed by atoms with van der Waals surface area (Å²) in [4.78, 5) is 88.8. The number of nitrogens with zero attached hydrogens (tertiary/aromatic N) is 10. The fourth-order valence-corrected chi connectivity index (χ4v) is 11.2. The van der Waals surface area contributed by atoms with Crippen LogP contribution < -0.4 is 10.7 Å². The van der Waals surface area contributed by atoms with Gasteiger partial charge in [0.15, 0.2) is 0 Å². The minimum absolute atomic E-state index is 0.0378. The number of allylic oxidation sites excluding steroid dienone is 5. The molecule has 4 saturated heterocycles. The number of fused-ring (bicyclic) bond motifs is 1. The highest BCUT2D eigenvalue weighted by Gasteiger charge is 2.31. The molecular weight excluding hydrogens is 952 g/mol. The van der Waals surface area contributed by atoms with E-state index in [0.29, 0.717) is 99.4 Å².